The normalized spacial score (nSPS) is 11.0. The van der Waals surface area contributed by atoms with Gasteiger partial charge >= 0.3 is 0 Å². The summed E-state index contributed by atoms with van der Waals surface area (Å²) in [5.74, 6) is 1.37. The maximum Gasteiger partial charge on any atom is 0.297 e. The van der Waals surface area contributed by atoms with Gasteiger partial charge in [0.2, 0.25) is 5.75 Å². The third-order valence-corrected chi connectivity index (χ3v) is 4.09. The van der Waals surface area contributed by atoms with Crippen LogP contribution in [0, 0.1) is 0 Å². The number of pyridine rings is 1. The summed E-state index contributed by atoms with van der Waals surface area (Å²) < 4.78 is 18.6. The molecule has 5 heteroatoms. The van der Waals surface area contributed by atoms with Gasteiger partial charge < -0.3 is 18.8 Å². The lowest BCUT2D eigenvalue weighted by Gasteiger charge is -2.17. The third kappa shape index (κ3) is 3.52. The average molecular weight is 353 g/mol. The fourth-order valence-electron chi connectivity index (χ4n) is 2.84. The Morgan fingerprint density at radius 2 is 1.77 bits per heavy atom. The number of rotatable bonds is 6. The Labute approximate surface area is 152 Å². The Morgan fingerprint density at radius 1 is 1.04 bits per heavy atom. The van der Waals surface area contributed by atoms with Gasteiger partial charge in [-0.2, -0.15) is 0 Å². The van der Waals surface area contributed by atoms with Crippen LogP contribution in [0.3, 0.4) is 0 Å². The van der Waals surface area contributed by atoms with E-state index in [0.29, 0.717) is 18.1 Å². The summed E-state index contributed by atoms with van der Waals surface area (Å²) in [7, 11) is 3.26. The number of nitrogens with zero attached hydrogens (tertiary/aromatic N) is 1. The molecule has 0 N–H and O–H groups in total. The van der Waals surface area contributed by atoms with Gasteiger partial charge in [0.1, 0.15) is 12.4 Å². The summed E-state index contributed by atoms with van der Waals surface area (Å²) in [5, 5.41) is 0.803. The molecule has 1 aromatic heterocycles. The number of hydrogen-bond acceptors (Lipinski definition) is 4. The number of ether oxygens (including phenoxy) is 3. The summed E-state index contributed by atoms with van der Waals surface area (Å²) in [5.41, 5.74) is 1.58. The van der Waals surface area contributed by atoms with Crippen molar-refractivity contribution in [3.8, 4) is 17.2 Å². The van der Waals surface area contributed by atoms with Crippen LogP contribution in [-0.2, 0) is 13.7 Å². The van der Waals surface area contributed by atoms with Gasteiger partial charge in [-0.15, -0.1) is 0 Å². The number of benzene rings is 2. The summed E-state index contributed by atoms with van der Waals surface area (Å²) in [6.07, 6.45) is -0.123. The fraction of sp³-hybridized carbons (Fsp3) is 0.286. The highest BCUT2D eigenvalue weighted by molar-refractivity contribution is 5.89. The molecule has 0 aliphatic rings. The van der Waals surface area contributed by atoms with E-state index in [1.165, 1.54) is 0 Å². The topological polar surface area (TPSA) is 49.7 Å². The van der Waals surface area contributed by atoms with Crippen LogP contribution >= 0.6 is 0 Å². The van der Waals surface area contributed by atoms with Gasteiger partial charge in [-0.3, -0.25) is 4.79 Å². The van der Waals surface area contributed by atoms with Gasteiger partial charge in [0.25, 0.3) is 5.56 Å². The second-order valence-electron chi connectivity index (χ2n) is 6.35. The second kappa shape index (κ2) is 7.52. The van der Waals surface area contributed by atoms with E-state index in [0.717, 1.165) is 16.5 Å². The molecule has 0 saturated heterocycles. The van der Waals surface area contributed by atoms with E-state index < -0.39 is 0 Å². The molecule has 3 aromatic rings. The molecule has 5 nitrogen and oxygen atoms in total. The molecule has 136 valence electrons. The molecule has 3 rings (SSSR count). The standard InChI is InChI=1S/C21H23NO4/c1-14(2)26-20-19(24-4)17-11-10-16(12-18(17)22(3)21(20)23)25-13-15-8-6-5-7-9-15/h5-12,14H,13H2,1-4H3. The van der Waals surface area contributed by atoms with Crippen LogP contribution in [0.25, 0.3) is 10.9 Å². The molecule has 0 spiro atoms. The second-order valence-corrected chi connectivity index (χ2v) is 6.35. The van der Waals surface area contributed by atoms with Crippen molar-refractivity contribution < 1.29 is 14.2 Å². The van der Waals surface area contributed by atoms with Crippen LogP contribution in [0.15, 0.2) is 53.3 Å². The number of hydrogen-bond donors (Lipinski definition) is 0. The van der Waals surface area contributed by atoms with Gasteiger partial charge in [-0.25, -0.2) is 0 Å². The molecule has 2 aromatic carbocycles. The summed E-state index contributed by atoms with van der Waals surface area (Å²) in [6.45, 7) is 4.22. The first-order chi connectivity index (χ1) is 12.5. The van der Waals surface area contributed by atoms with E-state index in [4.69, 9.17) is 14.2 Å². The summed E-state index contributed by atoms with van der Waals surface area (Å²) in [4.78, 5) is 12.7. The van der Waals surface area contributed by atoms with Gasteiger partial charge in [-0.05, 0) is 31.5 Å². The predicted octanol–water partition coefficient (Wildman–Crippen LogP) is 3.91. The van der Waals surface area contributed by atoms with Crippen molar-refractivity contribution in [3.05, 3.63) is 64.4 Å². The van der Waals surface area contributed by atoms with E-state index in [1.54, 1.807) is 18.7 Å². The van der Waals surface area contributed by atoms with Gasteiger partial charge in [0, 0.05) is 18.5 Å². The Balaban J connectivity index is 2.01. The van der Waals surface area contributed by atoms with Crippen LogP contribution in [0.5, 0.6) is 17.2 Å². The lowest BCUT2D eigenvalue weighted by atomic mass is 10.1. The predicted molar refractivity (Wildman–Crippen MR) is 102 cm³/mol. The van der Waals surface area contributed by atoms with Crippen LogP contribution in [0.4, 0.5) is 0 Å². The molecule has 0 saturated carbocycles. The molecule has 0 bridgehead atoms. The van der Waals surface area contributed by atoms with Crippen molar-refractivity contribution in [3.63, 3.8) is 0 Å². The molecule has 0 radical (unpaired) electrons. The van der Waals surface area contributed by atoms with Crippen molar-refractivity contribution in [1.29, 1.82) is 0 Å². The molecular weight excluding hydrogens is 330 g/mol. The van der Waals surface area contributed by atoms with Crippen molar-refractivity contribution >= 4 is 10.9 Å². The monoisotopic (exact) mass is 353 g/mol. The first-order valence-electron chi connectivity index (χ1n) is 8.55. The highest BCUT2D eigenvalue weighted by Crippen LogP contribution is 2.34. The van der Waals surface area contributed by atoms with Gasteiger partial charge in [0.15, 0.2) is 5.75 Å². The van der Waals surface area contributed by atoms with Crippen LogP contribution in [-0.4, -0.2) is 17.8 Å². The zero-order valence-electron chi connectivity index (χ0n) is 15.5. The van der Waals surface area contributed by atoms with Crippen molar-refractivity contribution in [1.82, 2.24) is 4.57 Å². The quantitative estimate of drug-likeness (QED) is 0.674. The number of aromatic nitrogens is 1. The molecule has 0 aliphatic heterocycles. The van der Waals surface area contributed by atoms with Crippen molar-refractivity contribution in [2.75, 3.05) is 7.11 Å². The molecule has 0 unspecified atom stereocenters. The Morgan fingerprint density at radius 3 is 2.42 bits per heavy atom. The molecule has 0 atom stereocenters. The van der Waals surface area contributed by atoms with Crippen molar-refractivity contribution in [2.45, 2.75) is 26.6 Å². The van der Waals surface area contributed by atoms with E-state index in [2.05, 4.69) is 0 Å². The van der Waals surface area contributed by atoms with E-state index >= 15 is 0 Å². The first-order valence-corrected chi connectivity index (χ1v) is 8.55. The average Bonchev–Trinajstić information content (AvgIpc) is 2.65. The highest BCUT2D eigenvalue weighted by Gasteiger charge is 2.19. The fourth-order valence-corrected chi connectivity index (χ4v) is 2.84. The summed E-state index contributed by atoms with van der Waals surface area (Å²) >= 11 is 0. The smallest absolute Gasteiger partial charge is 0.297 e. The van der Waals surface area contributed by atoms with Crippen molar-refractivity contribution in [2.24, 2.45) is 7.05 Å². The zero-order valence-corrected chi connectivity index (χ0v) is 15.5. The molecule has 0 fully saturated rings. The van der Waals surface area contributed by atoms with Crippen LogP contribution in [0.1, 0.15) is 19.4 Å². The lowest BCUT2D eigenvalue weighted by molar-refractivity contribution is 0.226. The minimum atomic E-state index is -0.233. The number of fused-ring (bicyclic) bond motifs is 1. The minimum absolute atomic E-state index is 0.123. The van der Waals surface area contributed by atoms with E-state index in [9.17, 15) is 4.79 Å². The highest BCUT2D eigenvalue weighted by atomic mass is 16.5. The van der Waals surface area contributed by atoms with E-state index in [-0.39, 0.29) is 17.4 Å². The van der Waals surface area contributed by atoms with Crippen LogP contribution in [0.2, 0.25) is 0 Å². The Bertz CT molecular complexity index is 961. The molecule has 0 aliphatic carbocycles. The molecule has 1 heterocycles. The first kappa shape index (κ1) is 17.9. The maximum atomic E-state index is 12.7. The van der Waals surface area contributed by atoms with E-state index in [1.807, 2.05) is 62.4 Å². The van der Waals surface area contributed by atoms with Crippen LogP contribution < -0.4 is 19.8 Å². The van der Waals surface area contributed by atoms with Gasteiger partial charge in [-0.1, -0.05) is 30.3 Å². The SMILES string of the molecule is COc1c(OC(C)C)c(=O)n(C)c2cc(OCc3ccccc3)ccc12. The minimum Gasteiger partial charge on any atom is -0.492 e. The Hall–Kier alpha value is -2.95. The van der Waals surface area contributed by atoms with Gasteiger partial charge in [0.05, 0.1) is 18.7 Å². The maximum absolute atomic E-state index is 12.7. The summed E-state index contributed by atoms with van der Waals surface area (Å²) in [6, 6.07) is 15.6. The lowest BCUT2D eigenvalue weighted by Crippen LogP contribution is -2.23. The molecular formula is C21H23NO4. The number of aryl methyl sites for hydroxylation is 1. The Kier molecular flexibility index (Phi) is 5.16. The molecule has 26 heavy (non-hydrogen) atoms. The number of methoxy groups -OCH3 is 1. The zero-order chi connectivity index (χ0) is 18.7. The molecule has 0 amide bonds. The third-order valence-electron chi connectivity index (χ3n) is 4.09. The largest absolute Gasteiger partial charge is 0.492 e.